The van der Waals surface area contributed by atoms with Gasteiger partial charge in [0.15, 0.2) is 11.5 Å². The van der Waals surface area contributed by atoms with Crippen LogP contribution in [0.15, 0.2) is 42.5 Å². The number of nitrogens with one attached hydrogen (secondary N) is 2. The standard InChI is InChI=1S/C23H30N2O3/c1-16(2)28-22-19(10-6-12-21(22)27-3)15-24-14-17-7-4-11-20(13-17)25-23(26)18-8-5-9-18/h4,6-7,10-13,16,18,24H,5,8-9,14-15H2,1-3H3,(H,25,26). The van der Waals surface area contributed by atoms with Crippen molar-refractivity contribution in [3.8, 4) is 11.5 Å². The highest BCUT2D eigenvalue weighted by atomic mass is 16.5. The summed E-state index contributed by atoms with van der Waals surface area (Å²) < 4.78 is 11.4. The summed E-state index contributed by atoms with van der Waals surface area (Å²) in [6.45, 7) is 5.38. The monoisotopic (exact) mass is 382 g/mol. The number of carbonyl (C=O) groups is 1. The van der Waals surface area contributed by atoms with Crippen LogP contribution in [0.1, 0.15) is 44.2 Å². The van der Waals surface area contributed by atoms with E-state index < -0.39 is 0 Å². The fraction of sp³-hybridized carbons (Fsp3) is 0.435. The molecule has 5 nitrogen and oxygen atoms in total. The second-order valence-corrected chi connectivity index (χ2v) is 7.54. The van der Waals surface area contributed by atoms with Gasteiger partial charge in [-0.15, -0.1) is 0 Å². The smallest absolute Gasteiger partial charge is 0.227 e. The van der Waals surface area contributed by atoms with Gasteiger partial charge in [0.2, 0.25) is 5.91 Å². The SMILES string of the molecule is COc1cccc(CNCc2cccc(NC(=O)C3CCC3)c2)c1OC(C)C. The predicted octanol–water partition coefficient (Wildman–Crippen LogP) is 4.51. The minimum absolute atomic E-state index is 0.0750. The van der Waals surface area contributed by atoms with E-state index in [2.05, 4.69) is 16.7 Å². The van der Waals surface area contributed by atoms with Crippen molar-refractivity contribution in [1.82, 2.24) is 5.32 Å². The van der Waals surface area contributed by atoms with E-state index in [0.717, 1.165) is 47.6 Å². The lowest BCUT2D eigenvalue weighted by Crippen LogP contribution is -2.28. The molecular weight excluding hydrogens is 352 g/mol. The average Bonchev–Trinajstić information content (AvgIpc) is 2.61. The zero-order chi connectivity index (χ0) is 19.9. The maximum atomic E-state index is 12.1. The van der Waals surface area contributed by atoms with Crippen molar-refractivity contribution in [3.05, 3.63) is 53.6 Å². The van der Waals surface area contributed by atoms with Gasteiger partial charge in [0.05, 0.1) is 13.2 Å². The molecule has 0 saturated heterocycles. The predicted molar refractivity (Wildman–Crippen MR) is 112 cm³/mol. The Labute approximate surface area is 167 Å². The summed E-state index contributed by atoms with van der Waals surface area (Å²) >= 11 is 0. The minimum Gasteiger partial charge on any atom is -0.493 e. The molecule has 28 heavy (non-hydrogen) atoms. The van der Waals surface area contributed by atoms with Crippen LogP contribution < -0.4 is 20.1 Å². The Morgan fingerprint density at radius 1 is 1.14 bits per heavy atom. The van der Waals surface area contributed by atoms with Gasteiger partial charge in [-0.05, 0) is 50.5 Å². The molecule has 0 atom stereocenters. The molecule has 150 valence electrons. The maximum absolute atomic E-state index is 12.1. The van der Waals surface area contributed by atoms with Gasteiger partial charge in [0, 0.05) is 30.3 Å². The Hall–Kier alpha value is -2.53. The van der Waals surface area contributed by atoms with Gasteiger partial charge in [0.1, 0.15) is 0 Å². The summed E-state index contributed by atoms with van der Waals surface area (Å²) in [7, 11) is 1.66. The lowest BCUT2D eigenvalue weighted by Gasteiger charge is -2.24. The number of benzene rings is 2. The Morgan fingerprint density at radius 2 is 1.93 bits per heavy atom. The zero-order valence-corrected chi connectivity index (χ0v) is 17.0. The largest absolute Gasteiger partial charge is 0.493 e. The number of rotatable bonds is 9. The first kappa shape index (κ1) is 20.2. The summed E-state index contributed by atoms with van der Waals surface area (Å²) in [6, 6.07) is 13.9. The number of hydrogen-bond acceptors (Lipinski definition) is 4. The molecule has 3 rings (SSSR count). The normalized spacial score (nSPS) is 13.9. The molecule has 1 amide bonds. The Morgan fingerprint density at radius 3 is 2.61 bits per heavy atom. The number of amides is 1. The van der Waals surface area contributed by atoms with Gasteiger partial charge >= 0.3 is 0 Å². The molecule has 5 heteroatoms. The number of ether oxygens (including phenoxy) is 2. The Balaban J connectivity index is 1.59. The first-order chi connectivity index (χ1) is 13.6. The molecule has 2 aromatic carbocycles. The fourth-order valence-electron chi connectivity index (χ4n) is 3.25. The molecule has 0 bridgehead atoms. The minimum atomic E-state index is 0.0750. The molecule has 0 radical (unpaired) electrons. The van der Waals surface area contributed by atoms with Gasteiger partial charge in [-0.3, -0.25) is 4.79 Å². The van der Waals surface area contributed by atoms with Crippen molar-refractivity contribution in [3.63, 3.8) is 0 Å². The number of anilines is 1. The van der Waals surface area contributed by atoms with Crippen molar-refractivity contribution < 1.29 is 14.3 Å². The molecule has 0 spiro atoms. The van der Waals surface area contributed by atoms with Gasteiger partial charge in [-0.25, -0.2) is 0 Å². The molecule has 2 aromatic rings. The first-order valence-corrected chi connectivity index (χ1v) is 10.00. The number of methoxy groups -OCH3 is 1. The van der Waals surface area contributed by atoms with Crippen molar-refractivity contribution in [2.45, 2.75) is 52.3 Å². The molecule has 0 aliphatic heterocycles. The second-order valence-electron chi connectivity index (χ2n) is 7.54. The lowest BCUT2D eigenvalue weighted by molar-refractivity contribution is -0.122. The van der Waals surface area contributed by atoms with Crippen molar-refractivity contribution in [1.29, 1.82) is 0 Å². The van der Waals surface area contributed by atoms with Crippen LogP contribution >= 0.6 is 0 Å². The van der Waals surface area contributed by atoms with Gasteiger partial charge in [-0.2, -0.15) is 0 Å². The van der Waals surface area contributed by atoms with E-state index in [1.165, 1.54) is 0 Å². The highest BCUT2D eigenvalue weighted by molar-refractivity contribution is 5.93. The average molecular weight is 383 g/mol. The first-order valence-electron chi connectivity index (χ1n) is 10.00. The van der Waals surface area contributed by atoms with Crippen molar-refractivity contribution >= 4 is 11.6 Å². The van der Waals surface area contributed by atoms with Crippen LogP contribution in [0.25, 0.3) is 0 Å². The molecule has 0 unspecified atom stereocenters. The quantitative estimate of drug-likeness (QED) is 0.670. The van der Waals surface area contributed by atoms with Gasteiger partial charge in [-0.1, -0.05) is 30.7 Å². The summed E-state index contributed by atoms with van der Waals surface area (Å²) in [5, 5.41) is 6.50. The van der Waals surface area contributed by atoms with Crippen LogP contribution in [0.2, 0.25) is 0 Å². The second kappa shape index (κ2) is 9.60. The number of para-hydroxylation sites is 1. The van der Waals surface area contributed by atoms with Crippen molar-refractivity contribution in [2.75, 3.05) is 12.4 Å². The summed E-state index contributed by atoms with van der Waals surface area (Å²) in [5.74, 6) is 1.86. The number of hydrogen-bond donors (Lipinski definition) is 2. The topological polar surface area (TPSA) is 59.6 Å². The van der Waals surface area contributed by atoms with E-state index in [0.29, 0.717) is 13.1 Å². The van der Waals surface area contributed by atoms with E-state index in [9.17, 15) is 4.79 Å². The van der Waals surface area contributed by atoms with E-state index in [-0.39, 0.29) is 17.9 Å². The Bertz CT molecular complexity index is 800. The highest BCUT2D eigenvalue weighted by Gasteiger charge is 2.25. The van der Waals surface area contributed by atoms with Crippen LogP contribution in [-0.4, -0.2) is 19.1 Å². The molecule has 1 saturated carbocycles. The van der Waals surface area contributed by atoms with E-state index in [4.69, 9.17) is 9.47 Å². The lowest BCUT2D eigenvalue weighted by atomic mass is 9.85. The highest BCUT2D eigenvalue weighted by Crippen LogP contribution is 2.32. The van der Waals surface area contributed by atoms with Crippen LogP contribution in [0.3, 0.4) is 0 Å². The number of carbonyl (C=O) groups excluding carboxylic acids is 1. The van der Waals surface area contributed by atoms with E-state index >= 15 is 0 Å². The fourth-order valence-corrected chi connectivity index (χ4v) is 3.25. The van der Waals surface area contributed by atoms with E-state index in [1.807, 2.05) is 50.2 Å². The molecular formula is C23H30N2O3. The molecule has 1 aliphatic rings. The molecule has 1 fully saturated rings. The van der Waals surface area contributed by atoms with Crippen molar-refractivity contribution in [2.24, 2.45) is 5.92 Å². The Kier molecular flexibility index (Phi) is 6.93. The van der Waals surface area contributed by atoms with E-state index in [1.54, 1.807) is 7.11 Å². The van der Waals surface area contributed by atoms with Gasteiger partial charge in [0.25, 0.3) is 0 Å². The molecule has 2 N–H and O–H groups in total. The summed E-state index contributed by atoms with van der Waals surface area (Å²) in [6.07, 6.45) is 3.25. The maximum Gasteiger partial charge on any atom is 0.227 e. The molecule has 1 aliphatic carbocycles. The third-order valence-corrected chi connectivity index (χ3v) is 4.95. The van der Waals surface area contributed by atoms with Gasteiger partial charge < -0.3 is 20.1 Å². The third kappa shape index (κ3) is 5.26. The zero-order valence-electron chi connectivity index (χ0n) is 17.0. The summed E-state index contributed by atoms with van der Waals surface area (Å²) in [5.41, 5.74) is 3.05. The van der Waals surface area contributed by atoms with Crippen LogP contribution in [0, 0.1) is 5.92 Å². The molecule has 0 aromatic heterocycles. The van der Waals surface area contributed by atoms with Crippen LogP contribution in [0.4, 0.5) is 5.69 Å². The van der Waals surface area contributed by atoms with Crippen LogP contribution in [-0.2, 0) is 17.9 Å². The summed E-state index contributed by atoms with van der Waals surface area (Å²) in [4.78, 5) is 12.1. The third-order valence-electron chi connectivity index (χ3n) is 4.95. The van der Waals surface area contributed by atoms with Crippen LogP contribution in [0.5, 0.6) is 11.5 Å². The molecule has 0 heterocycles.